The third kappa shape index (κ3) is 6.40. The number of carbonyl (C=O) groups excluding carboxylic acids is 1. The Morgan fingerprint density at radius 1 is 1.05 bits per heavy atom. The number of aliphatic hydroxyl groups is 1. The highest BCUT2D eigenvalue weighted by atomic mass is 35.5. The summed E-state index contributed by atoms with van der Waals surface area (Å²) in [4.78, 5) is 18.0. The molecule has 0 radical (unpaired) electrons. The van der Waals surface area contributed by atoms with Crippen LogP contribution in [0.15, 0.2) is 36.7 Å². The fourth-order valence-electron chi connectivity index (χ4n) is 1.23. The summed E-state index contributed by atoms with van der Waals surface area (Å²) >= 11 is 16.2. The van der Waals surface area contributed by atoms with Crippen molar-refractivity contribution in [2.75, 3.05) is 0 Å². The van der Waals surface area contributed by atoms with Crippen LogP contribution in [0.5, 0.6) is 0 Å². The minimum Gasteiger partial charge on any atom is -0.386 e. The summed E-state index contributed by atoms with van der Waals surface area (Å²) in [7, 11) is 0. The lowest BCUT2D eigenvalue weighted by molar-refractivity contribution is 0.0782. The van der Waals surface area contributed by atoms with Crippen LogP contribution >= 0.6 is 34.8 Å². The first-order valence-corrected chi connectivity index (χ1v) is 6.99. The molecule has 4 nitrogen and oxygen atoms in total. The first-order chi connectivity index (χ1) is 9.70. The van der Waals surface area contributed by atoms with Crippen LogP contribution in [0.1, 0.15) is 29.8 Å². The average molecular weight is 348 g/mol. The van der Waals surface area contributed by atoms with Crippen molar-refractivity contribution in [1.82, 2.24) is 9.97 Å². The number of aromatic nitrogens is 2. The predicted molar refractivity (Wildman–Crippen MR) is 83.9 cm³/mol. The number of rotatable bonds is 2. The SMILES string of the molecule is CC(C)(O)c1ccc(Cl)nc1.O=C(Cl)c1ccc(Cl)nc1. The second-order valence-corrected chi connectivity index (χ2v) is 5.69. The van der Waals surface area contributed by atoms with Crippen molar-refractivity contribution in [2.24, 2.45) is 0 Å². The fourth-order valence-corrected chi connectivity index (χ4v) is 1.57. The molecule has 0 aliphatic heterocycles. The Hall–Kier alpha value is -1.20. The summed E-state index contributed by atoms with van der Waals surface area (Å²) in [6.07, 6.45) is 2.90. The van der Waals surface area contributed by atoms with Crippen molar-refractivity contribution < 1.29 is 9.90 Å². The molecule has 2 rings (SSSR count). The zero-order valence-electron chi connectivity index (χ0n) is 11.3. The molecule has 0 bridgehead atoms. The van der Waals surface area contributed by atoms with Gasteiger partial charge in [-0.05, 0) is 43.6 Å². The van der Waals surface area contributed by atoms with E-state index in [2.05, 4.69) is 9.97 Å². The zero-order chi connectivity index (χ0) is 16.0. The van der Waals surface area contributed by atoms with Crippen molar-refractivity contribution in [1.29, 1.82) is 0 Å². The molecule has 0 spiro atoms. The van der Waals surface area contributed by atoms with Crippen LogP contribution in [0.25, 0.3) is 0 Å². The largest absolute Gasteiger partial charge is 0.386 e. The van der Waals surface area contributed by atoms with Crippen molar-refractivity contribution in [3.8, 4) is 0 Å². The maximum Gasteiger partial charge on any atom is 0.253 e. The van der Waals surface area contributed by atoms with Crippen molar-refractivity contribution in [3.63, 3.8) is 0 Å². The molecule has 0 atom stereocenters. The Kier molecular flexibility index (Phi) is 6.55. The van der Waals surface area contributed by atoms with Crippen LogP contribution in [-0.2, 0) is 5.60 Å². The summed E-state index contributed by atoms with van der Waals surface area (Å²) in [6.45, 7) is 3.41. The maximum absolute atomic E-state index is 10.4. The molecule has 0 saturated carbocycles. The highest BCUT2D eigenvalue weighted by molar-refractivity contribution is 6.67. The monoisotopic (exact) mass is 346 g/mol. The summed E-state index contributed by atoms with van der Waals surface area (Å²) < 4.78 is 0. The third-order valence-corrected chi connectivity index (χ3v) is 3.05. The van der Waals surface area contributed by atoms with Crippen LogP contribution in [0.4, 0.5) is 0 Å². The molecule has 1 N–H and O–H groups in total. The quantitative estimate of drug-likeness (QED) is 0.657. The van der Waals surface area contributed by atoms with Gasteiger partial charge in [0.2, 0.25) is 0 Å². The topological polar surface area (TPSA) is 63.1 Å². The fraction of sp³-hybridized carbons (Fsp3) is 0.214. The standard InChI is InChI=1S/C8H10ClNO.C6H3Cl2NO/c1-8(2,11)6-3-4-7(9)10-5-6;7-5-2-1-4(3-9-5)6(8)10/h3-5,11H,1-2H3;1-3H. The smallest absolute Gasteiger partial charge is 0.253 e. The number of hydrogen-bond acceptors (Lipinski definition) is 4. The lowest BCUT2D eigenvalue weighted by atomic mass is 10.0. The molecule has 2 heterocycles. The van der Waals surface area contributed by atoms with Crippen molar-refractivity contribution in [3.05, 3.63) is 58.1 Å². The Labute approximate surface area is 137 Å². The lowest BCUT2D eigenvalue weighted by Crippen LogP contribution is -2.15. The molecule has 7 heteroatoms. The second kappa shape index (κ2) is 7.71. The average Bonchev–Trinajstić information content (AvgIpc) is 2.39. The van der Waals surface area contributed by atoms with Crippen molar-refractivity contribution >= 4 is 40.0 Å². The Balaban J connectivity index is 0.000000211. The zero-order valence-corrected chi connectivity index (χ0v) is 13.6. The molecular weight excluding hydrogens is 335 g/mol. The molecule has 0 aromatic carbocycles. The van der Waals surface area contributed by atoms with E-state index >= 15 is 0 Å². The van der Waals surface area contributed by atoms with Gasteiger partial charge in [-0.15, -0.1) is 0 Å². The number of halogens is 3. The molecule has 0 fully saturated rings. The van der Waals surface area contributed by atoms with E-state index in [1.165, 1.54) is 18.3 Å². The van der Waals surface area contributed by atoms with Crippen LogP contribution in [0.2, 0.25) is 10.3 Å². The van der Waals surface area contributed by atoms with Gasteiger partial charge < -0.3 is 5.11 Å². The van der Waals surface area contributed by atoms with Crippen LogP contribution < -0.4 is 0 Å². The number of carbonyl (C=O) groups is 1. The van der Waals surface area contributed by atoms with Crippen LogP contribution in [-0.4, -0.2) is 20.3 Å². The van der Waals surface area contributed by atoms with Gasteiger partial charge >= 0.3 is 0 Å². The normalized spacial score (nSPS) is 10.6. The minimum absolute atomic E-state index is 0.349. The molecule has 0 aliphatic carbocycles. The van der Waals surface area contributed by atoms with E-state index in [-0.39, 0.29) is 0 Å². The minimum atomic E-state index is -0.836. The number of hydrogen-bond donors (Lipinski definition) is 1. The van der Waals surface area contributed by atoms with E-state index < -0.39 is 10.8 Å². The van der Waals surface area contributed by atoms with Gasteiger partial charge in [0, 0.05) is 18.0 Å². The molecule has 0 aliphatic rings. The Morgan fingerprint density at radius 2 is 1.57 bits per heavy atom. The van der Waals surface area contributed by atoms with Gasteiger partial charge in [-0.3, -0.25) is 4.79 Å². The summed E-state index contributed by atoms with van der Waals surface area (Å²) in [5.74, 6) is 0. The van der Waals surface area contributed by atoms with E-state index in [0.717, 1.165) is 5.56 Å². The molecule has 2 aromatic heterocycles. The van der Waals surface area contributed by atoms with Gasteiger partial charge in [-0.2, -0.15) is 0 Å². The summed E-state index contributed by atoms with van der Waals surface area (Å²) in [5, 5.41) is 9.76. The van der Waals surface area contributed by atoms with E-state index in [4.69, 9.17) is 34.8 Å². The summed E-state index contributed by atoms with van der Waals surface area (Å²) in [5.41, 5.74) is 0.283. The Morgan fingerprint density at radius 3 is 1.90 bits per heavy atom. The lowest BCUT2D eigenvalue weighted by Gasteiger charge is -2.16. The van der Waals surface area contributed by atoms with Gasteiger partial charge in [-0.1, -0.05) is 29.3 Å². The molecule has 0 amide bonds. The van der Waals surface area contributed by atoms with Crippen LogP contribution in [0, 0.1) is 0 Å². The maximum atomic E-state index is 10.4. The van der Waals surface area contributed by atoms with E-state index in [1.54, 1.807) is 32.2 Å². The van der Waals surface area contributed by atoms with Gasteiger partial charge in [0.1, 0.15) is 10.3 Å². The first kappa shape index (κ1) is 17.9. The van der Waals surface area contributed by atoms with E-state index in [0.29, 0.717) is 15.9 Å². The van der Waals surface area contributed by atoms with Gasteiger partial charge in [0.25, 0.3) is 5.24 Å². The van der Waals surface area contributed by atoms with Gasteiger partial charge in [-0.25, -0.2) is 9.97 Å². The molecule has 21 heavy (non-hydrogen) atoms. The first-order valence-electron chi connectivity index (χ1n) is 5.86. The number of pyridine rings is 2. The molecule has 0 saturated heterocycles. The highest BCUT2D eigenvalue weighted by Gasteiger charge is 2.15. The predicted octanol–water partition coefficient (Wildman–Crippen LogP) is 4.08. The van der Waals surface area contributed by atoms with Crippen LogP contribution in [0.3, 0.4) is 0 Å². The number of nitrogens with zero attached hydrogens (tertiary/aromatic N) is 2. The van der Waals surface area contributed by atoms with Gasteiger partial charge in [0.15, 0.2) is 0 Å². The second-order valence-electron chi connectivity index (χ2n) is 4.57. The molecule has 0 unspecified atom stereocenters. The molecule has 112 valence electrons. The van der Waals surface area contributed by atoms with E-state index in [1.807, 2.05) is 0 Å². The Bertz CT molecular complexity index is 593. The molecular formula is C14H13Cl3N2O2. The van der Waals surface area contributed by atoms with Gasteiger partial charge in [0.05, 0.1) is 11.2 Å². The van der Waals surface area contributed by atoms with E-state index in [9.17, 15) is 9.90 Å². The third-order valence-electron chi connectivity index (χ3n) is 2.39. The highest BCUT2D eigenvalue weighted by Crippen LogP contribution is 2.19. The summed E-state index contributed by atoms with van der Waals surface area (Å²) in [6, 6.07) is 6.45. The molecule has 2 aromatic rings. The van der Waals surface area contributed by atoms with Crippen molar-refractivity contribution in [2.45, 2.75) is 19.4 Å².